The molecule has 0 N–H and O–H groups in total. The maximum absolute atomic E-state index is 14.7. The number of hydrogen-bond donors (Lipinski definition) is 0. The summed E-state index contributed by atoms with van der Waals surface area (Å²) >= 11 is 0. The highest BCUT2D eigenvalue weighted by Crippen LogP contribution is 2.50. The lowest BCUT2D eigenvalue weighted by atomic mass is 9.88. The number of fused-ring (bicyclic) bond motifs is 10. The molecule has 4 heterocycles. The van der Waals surface area contributed by atoms with Gasteiger partial charge in [-0.2, -0.15) is 0 Å². The van der Waals surface area contributed by atoms with Gasteiger partial charge in [0, 0.05) is 38.9 Å². The van der Waals surface area contributed by atoms with E-state index in [1.165, 1.54) is 21.7 Å². The Balaban J connectivity index is 1.39. The number of allylic oxidation sites excluding steroid dienone is 4. The number of hydrogen-bond acceptors (Lipinski definition) is 1. The molecule has 41 heavy (non-hydrogen) atoms. The van der Waals surface area contributed by atoms with E-state index in [4.69, 9.17) is 0 Å². The summed E-state index contributed by atoms with van der Waals surface area (Å²) in [6.07, 6.45) is 8.44. The average Bonchev–Trinajstić information content (AvgIpc) is 3.54. The second-order valence-electron chi connectivity index (χ2n) is 11.1. The van der Waals surface area contributed by atoms with E-state index in [2.05, 4.69) is 124 Å². The smallest absolute Gasteiger partial charge is 0.318 e. The van der Waals surface area contributed by atoms with Crippen molar-refractivity contribution in [1.82, 2.24) is 9.13 Å². The summed E-state index contributed by atoms with van der Waals surface area (Å²) in [5, 5.41) is 4.74. The maximum atomic E-state index is 14.7. The molecule has 1 atom stereocenters. The van der Waals surface area contributed by atoms with Crippen molar-refractivity contribution in [2.24, 2.45) is 0 Å². The Morgan fingerprint density at radius 1 is 0.610 bits per heavy atom. The lowest BCUT2D eigenvalue weighted by Gasteiger charge is -2.27. The van der Waals surface area contributed by atoms with Gasteiger partial charge >= 0.3 is 5.91 Å². The van der Waals surface area contributed by atoms with Gasteiger partial charge in [-0.1, -0.05) is 78.9 Å². The number of carbonyl (C=O) groups is 1. The minimum Gasteiger partial charge on any atom is -0.318 e. The van der Waals surface area contributed by atoms with Crippen LogP contribution in [-0.4, -0.2) is 25.3 Å². The highest BCUT2D eigenvalue weighted by Gasteiger charge is 2.46. The maximum Gasteiger partial charge on any atom is 0.426 e. The third kappa shape index (κ3) is 2.51. The minimum absolute atomic E-state index is 0.0308. The molecule has 7 aromatic rings. The van der Waals surface area contributed by atoms with Crippen LogP contribution in [0, 0.1) is 0 Å². The zero-order chi connectivity index (χ0) is 26.8. The monoisotopic (exact) mass is 524 g/mol. The fourth-order valence-electron chi connectivity index (χ4n) is 7.49. The Hall–Kier alpha value is -5.48. The van der Waals surface area contributed by atoms with Crippen molar-refractivity contribution in [1.29, 1.82) is 0 Å². The van der Waals surface area contributed by atoms with Crippen LogP contribution in [0.5, 0.6) is 0 Å². The molecule has 3 aliphatic rings. The topological polar surface area (TPSA) is 29.9 Å². The average molecular weight is 525 g/mol. The van der Waals surface area contributed by atoms with Gasteiger partial charge in [-0.05, 0) is 42.5 Å². The van der Waals surface area contributed by atoms with Crippen LogP contribution < -0.4 is 0 Å². The third-order valence-corrected chi connectivity index (χ3v) is 9.13. The summed E-state index contributed by atoms with van der Waals surface area (Å²) in [7, 11) is 0. The second kappa shape index (κ2) is 7.38. The van der Waals surface area contributed by atoms with E-state index in [9.17, 15) is 4.79 Å². The van der Waals surface area contributed by atoms with Gasteiger partial charge in [0.25, 0.3) is 0 Å². The largest absolute Gasteiger partial charge is 0.426 e. The molecule has 10 rings (SSSR count). The molecule has 0 bridgehead atoms. The molecular formula is C37H22N3O+. The van der Waals surface area contributed by atoms with Gasteiger partial charge in [0.15, 0.2) is 0 Å². The molecule has 2 aliphatic heterocycles. The Kier molecular flexibility index (Phi) is 3.84. The number of aromatic nitrogens is 2. The fourth-order valence-corrected chi connectivity index (χ4v) is 7.49. The lowest BCUT2D eigenvalue weighted by molar-refractivity contribution is -0.337. The summed E-state index contributed by atoms with van der Waals surface area (Å²) in [5.41, 5.74) is 10.4. The molecule has 1 unspecified atom stereocenters. The van der Waals surface area contributed by atoms with Crippen LogP contribution >= 0.6 is 0 Å². The van der Waals surface area contributed by atoms with E-state index in [-0.39, 0.29) is 11.9 Å². The van der Waals surface area contributed by atoms with Crippen LogP contribution in [0.2, 0.25) is 0 Å². The van der Waals surface area contributed by atoms with Crippen molar-refractivity contribution in [3.63, 3.8) is 0 Å². The Morgan fingerprint density at radius 3 is 2.22 bits per heavy atom. The van der Waals surface area contributed by atoms with Gasteiger partial charge in [0.05, 0.1) is 22.1 Å². The van der Waals surface area contributed by atoms with E-state index in [0.29, 0.717) is 0 Å². The van der Waals surface area contributed by atoms with Crippen LogP contribution in [0.25, 0.3) is 60.4 Å². The van der Waals surface area contributed by atoms with Crippen LogP contribution in [0.3, 0.4) is 0 Å². The molecular weight excluding hydrogens is 502 g/mol. The first-order valence-electron chi connectivity index (χ1n) is 14.0. The molecule has 0 saturated heterocycles. The van der Waals surface area contributed by atoms with Gasteiger partial charge in [-0.3, -0.25) is 0 Å². The number of para-hydroxylation sites is 3. The summed E-state index contributed by atoms with van der Waals surface area (Å²) in [6.45, 7) is 0. The number of rotatable bonds is 1. The molecule has 0 saturated carbocycles. The standard InChI is InChI=1S/C37H22N3O/c41-37-29-21-34-28(24-13-5-6-14-30(24)38(34)22-10-2-1-3-11-22)20-27(29)26-19-18-25-23-12-4-7-15-31(23)39-32-16-8-9-17-33(32)40(37)36(26)35(25)39/h1-21,32H/q+1. The zero-order valence-corrected chi connectivity index (χ0v) is 22.0. The van der Waals surface area contributed by atoms with Gasteiger partial charge in [0.2, 0.25) is 11.4 Å². The quantitative estimate of drug-likeness (QED) is 0.198. The highest BCUT2D eigenvalue weighted by molar-refractivity contribution is 6.22. The van der Waals surface area contributed by atoms with Crippen LogP contribution in [0.4, 0.5) is 5.69 Å². The lowest BCUT2D eigenvalue weighted by Crippen LogP contribution is -2.35. The molecule has 0 radical (unpaired) electrons. The second-order valence-corrected chi connectivity index (χ2v) is 11.1. The minimum atomic E-state index is -0.0462. The van der Waals surface area contributed by atoms with Crippen molar-refractivity contribution in [3.05, 3.63) is 133 Å². The van der Waals surface area contributed by atoms with E-state index >= 15 is 0 Å². The van der Waals surface area contributed by atoms with Crippen LogP contribution in [0.15, 0.2) is 127 Å². The number of nitrogens with zero attached hydrogens (tertiary/aromatic N) is 3. The van der Waals surface area contributed by atoms with E-state index < -0.39 is 0 Å². The molecule has 5 aromatic carbocycles. The third-order valence-electron chi connectivity index (χ3n) is 9.13. The predicted octanol–water partition coefficient (Wildman–Crippen LogP) is 8.48. The first kappa shape index (κ1) is 21.4. The fraction of sp³-hybridized carbons (Fsp3) is 0.0270. The molecule has 4 heteroatoms. The first-order chi connectivity index (χ1) is 20.3. The summed E-state index contributed by atoms with van der Waals surface area (Å²) in [4.78, 5) is 14.7. The van der Waals surface area contributed by atoms with Crippen LogP contribution in [-0.2, 0) is 0 Å². The SMILES string of the molecule is O=C1c2cc3c(cc2-c2ccc4c5ccccc5n5c4c2[N+]1=C1C=CC=CC15)c1ccccc1n3-c1ccccc1. The Bertz CT molecular complexity index is 2430. The molecule has 190 valence electrons. The van der Waals surface area contributed by atoms with Crippen molar-refractivity contribution in [2.45, 2.75) is 6.04 Å². The highest BCUT2D eigenvalue weighted by atomic mass is 16.2. The molecule has 0 fully saturated rings. The first-order valence-corrected chi connectivity index (χ1v) is 14.0. The van der Waals surface area contributed by atoms with Crippen molar-refractivity contribution >= 4 is 60.9 Å². The van der Waals surface area contributed by atoms with Crippen molar-refractivity contribution < 1.29 is 9.37 Å². The Labute approximate surface area is 235 Å². The molecule has 4 nitrogen and oxygen atoms in total. The number of amides is 1. The van der Waals surface area contributed by atoms with E-state index in [1.807, 2.05) is 16.7 Å². The van der Waals surface area contributed by atoms with Gasteiger partial charge < -0.3 is 9.13 Å². The number of carbonyl (C=O) groups excluding carboxylic acids is 1. The summed E-state index contributed by atoms with van der Waals surface area (Å²) in [6, 6.07) is 36.3. The predicted molar refractivity (Wildman–Crippen MR) is 166 cm³/mol. The Morgan fingerprint density at radius 2 is 1.37 bits per heavy atom. The summed E-state index contributed by atoms with van der Waals surface area (Å²) < 4.78 is 6.70. The van der Waals surface area contributed by atoms with Crippen LogP contribution in [0.1, 0.15) is 16.4 Å². The van der Waals surface area contributed by atoms with Gasteiger partial charge in [-0.15, -0.1) is 4.58 Å². The normalized spacial score (nSPS) is 16.8. The molecule has 0 spiro atoms. The zero-order valence-electron chi connectivity index (χ0n) is 22.0. The van der Waals surface area contributed by atoms with Gasteiger partial charge in [-0.25, -0.2) is 4.79 Å². The van der Waals surface area contributed by atoms with Gasteiger partial charge in [0.1, 0.15) is 17.1 Å². The van der Waals surface area contributed by atoms with Crippen molar-refractivity contribution in [2.75, 3.05) is 0 Å². The number of benzene rings is 5. The van der Waals surface area contributed by atoms with Crippen molar-refractivity contribution in [3.8, 4) is 16.8 Å². The molecule has 1 aliphatic carbocycles. The molecule has 1 amide bonds. The van der Waals surface area contributed by atoms with E-state index in [0.717, 1.165) is 55.7 Å². The molecule has 2 aromatic heterocycles. The van der Waals surface area contributed by atoms with E-state index in [1.54, 1.807) is 0 Å². The summed E-state index contributed by atoms with van der Waals surface area (Å²) in [5.74, 6) is 0.0308.